The monoisotopic (exact) mass is 325 g/mol. The minimum absolute atomic E-state index is 0.268. The summed E-state index contributed by atoms with van der Waals surface area (Å²) in [5.74, 6) is -0.268. The van der Waals surface area contributed by atoms with Crippen LogP contribution in [0, 0.1) is 0 Å². The molecule has 0 bridgehead atoms. The molecule has 19 heavy (non-hydrogen) atoms. The third-order valence-corrected chi connectivity index (χ3v) is 4.80. The Bertz CT molecular complexity index is 418. The number of hydrogen-bond acceptors (Lipinski definition) is 3. The van der Waals surface area contributed by atoms with E-state index in [1.807, 2.05) is 0 Å². The maximum atomic E-state index is 5.78. The van der Waals surface area contributed by atoms with Gasteiger partial charge in [0.1, 0.15) is 0 Å². The van der Waals surface area contributed by atoms with Crippen LogP contribution in [0.2, 0.25) is 0 Å². The average Bonchev–Trinajstić information content (AvgIpc) is 2.88. The lowest BCUT2D eigenvalue weighted by atomic mass is 9.99. The van der Waals surface area contributed by atoms with Crippen LogP contribution in [0.1, 0.15) is 31.4 Å². The van der Waals surface area contributed by atoms with Crippen molar-refractivity contribution in [2.75, 3.05) is 26.3 Å². The van der Waals surface area contributed by atoms with E-state index in [-0.39, 0.29) is 5.79 Å². The van der Waals surface area contributed by atoms with Crippen molar-refractivity contribution in [1.82, 2.24) is 4.90 Å². The molecule has 1 aromatic rings. The van der Waals surface area contributed by atoms with Crippen molar-refractivity contribution >= 4 is 15.9 Å². The summed E-state index contributed by atoms with van der Waals surface area (Å²) in [4.78, 5) is 2.51. The highest BCUT2D eigenvalue weighted by Gasteiger charge is 2.40. The summed E-state index contributed by atoms with van der Waals surface area (Å²) in [5, 5.41) is 0. The molecule has 2 aliphatic heterocycles. The maximum Gasteiger partial charge on any atom is 0.170 e. The molecule has 0 saturated carbocycles. The normalized spacial score (nSPS) is 24.7. The summed E-state index contributed by atoms with van der Waals surface area (Å²) in [5.41, 5.74) is 1.37. The van der Waals surface area contributed by atoms with Gasteiger partial charge in [0.2, 0.25) is 0 Å². The second-order valence-electron chi connectivity index (χ2n) is 5.37. The Kier molecular flexibility index (Phi) is 3.94. The van der Waals surface area contributed by atoms with Gasteiger partial charge in [-0.05, 0) is 24.6 Å². The first-order chi connectivity index (χ1) is 9.19. The van der Waals surface area contributed by atoms with Crippen molar-refractivity contribution in [3.63, 3.8) is 0 Å². The molecule has 2 fully saturated rings. The number of ether oxygens (including phenoxy) is 2. The molecule has 1 aromatic carbocycles. The molecule has 2 saturated heterocycles. The van der Waals surface area contributed by atoms with Crippen LogP contribution in [0.15, 0.2) is 28.7 Å². The molecule has 0 N–H and O–H groups in total. The van der Waals surface area contributed by atoms with E-state index in [1.54, 1.807) is 0 Å². The van der Waals surface area contributed by atoms with Gasteiger partial charge in [-0.3, -0.25) is 4.90 Å². The molecule has 4 heteroatoms. The van der Waals surface area contributed by atoms with Gasteiger partial charge in [-0.2, -0.15) is 0 Å². The lowest BCUT2D eigenvalue weighted by Crippen LogP contribution is -2.45. The minimum atomic E-state index is -0.268. The summed E-state index contributed by atoms with van der Waals surface area (Å²) in [6.45, 7) is 5.86. The van der Waals surface area contributed by atoms with E-state index < -0.39 is 0 Å². The van der Waals surface area contributed by atoms with Gasteiger partial charge < -0.3 is 9.47 Å². The highest BCUT2D eigenvalue weighted by molar-refractivity contribution is 9.10. The lowest BCUT2D eigenvalue weighted by molar-refractivity contribution is -0.187. The van der Waals surface area contributed by atoms with E-state index in [1.165, 1.54) is 5.56 Å². The minimum Gasteiger partial charge on any atom is -0.347 e. The van der Waals surface area contributed by atoms with Gasteiger partial charge >= 0.3 is 0 Å². The van der Waals surface area contributed by atoms with E-state index in [4.69, 9.17) is 9.47 Å². The predicted octanol–water partition coefficient (Wildman–Crippen LogP) is 3.35. The van der Waals surface area contributed by atoms with Gasteiger partial charge in [-0.15, -0.1) is 0 Å². The molecular formula is C15H20BrNO2. The smallest absolute Gasteiger partial charge is 0.170 e. The lowest BCUT2D eigenvalue weighted by Gasteiger charge is -2.40. The van der Waals surface area contributed by atoms with E-state index in [0.717, 1.165) is 43.6 Å². The molecule has 2 aliphatic rings. The number of nitrogens with zero attached hydrogens (tertiary/aromatic N) is 1. The molecule has 3 nitrogen and oxygen atoms in total. The Labute approximate surface area is 123 Å². The summed E-state index contributed by atoms with van der Waals surface area (Å²) in [6, 6.07) is 9.07. The molecule has 3 rings (SSSR count). The Morgan fingerprint density at radius 2 is 1.68 bits per heavy atom. The van der Waals surface area contributed by atoms with E-state index in [0.29, 0.717) is 6.04 Å². The van der Waals surface area contributed by atoms with Crippen LogP contribution in [0.4, 0.5) is 0 Å². The molecule has 0 aromatic heterocycles. The first-order valence-electron chi connectivity index (χ1n) is 6.96. The van der Waals surface area contributed by atoms with Crippen molar-refractivity contribution in [2.24, 2.45) is 0 Å². The number of rotatable bonds is 2. The van der Waals surface area contributed by atoms with Crippen LogP contribution in [-0.2, 0) is 9.47 Å². The Hall–Kier alpha value is -0.420. The summed E-state index contributed by atoms with van der Waals surface area (Å²) < 4.78 is 12.7. The molecule has 1 unspecified atom stereocenters. The van der Waals surface area contributed by atoms with Gasteiger partial charge in [0.05, 0.1) is 13.2 Å². The van der Waals surface area contributed by atoms with Crippen LogP contribution < -0.4 is 0 Å². The van der Waals surface area contributed by atoms with Crippen molar-refractivity contribution in [3.8, 4) is 0 Å². The van der Waals surface area contributed by atoms with E-state index >= 15 is 0 Å². The second-order valence-corrected chi connectivity index (χ2v) is 6.29. The molecule has 0 radical (unpaired) electrons. The first kappa shape index (κ1) is 13.6. The van der Waals surface area contributed by atoms with Crippen LogP contribution in [0.5, 0.6) is 0 Å². The number of hydrogen-bond donors (Lipinski definition) is 0. The molecule has 0 aliphatic carbocycles. The average molecular weight is 326 g/mol. The largest absolute Gasteiger partial charge is 0.347 e. The number of piperidine rings is 1. The van der Waals surface area contributed by atoms with Gasteiger partial charge in [0, 0.05) is 36.4 Å². The standard InChI is InChI=1S/C15H20BrNO2/c1-12(13-2-4-14(16)5-3-13)17-8-6-15(7-9-17)18-10-11-19-15/h2-5,12H,6-11H2,1H3. The quantitative estimate of drug-likeness (QED) is 0.832. The van der Waals surface area contributed by atoms with E-state index in [2.05, 4.69) is 52.0 Å². The van der Waals surface area contributed by atoms with Crippen LogP contribution in [0.3, 0.4) is 0 Å². The third-order valence-electron chi connectivity index (χ3n) is 4.27. The first-order valence-corrected chi connectivity index (χ1v) is 7.75. The zero-order valence-corrected chi connectivity index (χ0v) is 12.9. The zero-order valence-electron chi connectivity index (χ0n) is 11.3. The van der Waals surface area contributed by atoms with Crippen molar-refractivity contribution in [3.05, 3.63) is 34.3 Å². The molecule has 1 spiro atoms. The fourth-order valence-corrected chi connectivity index (χ4v) is 3.25. The van der Waals surface area contributed by atoms with Crippen molar-refractivity contribution in [1.29, 1.82) is 0 Å². The topological polar surface area (TPSA) is 21.7 Å². The number of benzene rings is 1. The Morgan fingerprint density at radius 3 is 2.26 bits per heavy atom. The third kappa shape index (κ3) is 2.87. The van der Waals surface area contributed by atoms with Gasteiger partial charge in [-0.1, -0.05) is 28.1 Å². The highest BCUT2D eigenvalue weighted by Crippen LogP contribution is 2.34. The van der Waals surface area contributed by atoms with Crippen LogP contribution in [-0.4, -0.2) is 37.0 Å². The Morgan fingerprint density at radius 1 is 1.11 bits per heavy atom. The second kappa shape index (κ2) is 5.52. The number of halogens is 1. The summed E-state index contributed by atoms with van der Waals surface area (Å²) in [6.07, 6.45) is 1.96. The fraction of sp³-hybridized carbons (Fsp3) is 0.600. The molecular weight excluding hydrogens is 306 g/mol. The summed E-state index contributed by atoms with van der Waals surface area (Å²) in [7, 11) is 0. The molecule has 104 valence electrons. The SMILES string of the molecule is CC(c1ccc(Br)cc1)N1CCC2(CC1)OCCO2. The number of likely N-dealkylation sites (tertiary alicyclic amines) is 1. The van der Waals surface area contributed by atoms with Gasteiger partial charge in [0.15, 0.2) is 5.79 Å². The molecule has 2 heterocycles. The molecule has 0 amide bonds. The van der Waals surface area contributed by atoms with E-state index in [9.17, 15) is 0 Å². The molecule has 1 atom stereocenters. The fourth-order valence-electron chi connectivity index (χ4n) is 2.99. The predicted molar refractivity (Wildman–Crippen MR) is 78.0 cm³/mol. The van der Waals surface area contributed by atoms with Crippen LogP contribution >= 0.6 is 15.9 Å². The highest BCUT2D eigenvalue weighted by atomic mass is 79.9. The summed E-state index contributed by atoms with van der Waals surface area (Å²) >= 11 is 3.48. The zero-order chi connectivity index (χ0) is 13.3. The Balaban J connectivity index is 1.63. The maximum absolute atomic E-state index is 5.78. The van der Waals surface area contributed by atoms with Gasteiger partial charge in [-0.25, -0.2) is 0 Å². The van der Waals surface area contributed by atoms with Crippen molar-refractivity contribution < 1.29 is 9.47 Å². The van der Waals surface area contributed by atoms with Gasteiger partial charge in [0.25, 0.3) is 0 Å². The van der Waals surface area contributed by atoms with Crippen molar-refractivity contribution in [2.45, 2.75) is 31.6 Å². The van der Waals surface area contributed by atoms with Crippen LogP contribution in [0.25, 0.3) is 0 Å².